The third kappa shape index (κ3) is 3.39. The zero-order valence-electron chi connectivity index (χ0n) is 10.2. The Kier molecular flexibility index (Phi) is 4.81. The van der Waals surface area contributed by atoms with E-state index in [2.05, 4.69) is 0 Å². The van der Waals surface area contributed by atoms with Crippen molar-refractivity contribution in [3.8, 4) is 5.75 Å². The van der Waals surface area contributed by atoms with E-state index >= 15 is 0 Å². The summed E-state index contributed by atoms with van der Waals surface area (Å²) < 4.78 is 19.3. The lowest BCUT2D eigenvalue weighted by atomic mass is 10.1. The van der Waals surface area contributed by atoms with Crippen molar-refractivity contribution in [1.82, 2.24) is 0 Å². The fraction of sp³-hybridized carbons (Fsp3) is 0.0714. The van der Waals surface area contributed by atoms with Crippen molar-refractivity contribution < 1.29 is 9.13 Å². The molecule has 0 saturated heterocycles. The van der Waals surface area contributed by atoms with E-state index in [9.17, 15) is 4.39 Å². The molecule has 0 aliphatic rings. The van der Waals surface area contributed by atoms with Gasteiger partial charge in [-0.15, -0.1) is 0 Å². The SMILES string of the molecule is NC(=S)c1ccc(COc2c(Cl)cccc2Cl)c(F)c1. The Morgan fingerprint density at radius 2 is 1.85 bits per heavy atom. The average Bonchev–Trinajstić information content (AvgIpc) is 2.39. The Bertz CT molecular complexity index is 643. The summed E-state index contributed by atoms with van der Waals surface area (Å²) in [7, 11) is 0. The van der Waals surface area contributed by atoms with Crippen LogP contribution in [0.3, 0.4) is 0 Å². The number of thiocarbonyl (C=S) groups is 1. The first kappa shape index (κ1) is 15.0. The van der Waals surface area contributed by atoms with Gasteiger partial charge in [0.2, 0.25) is 0 Å². The van der Waals surface area contributed by atoms with Crippen molar-refractivity contribution >= 4 is 40.4 Å². The molecule has 20 heavy (non-hydrogen) atoms. The first-order chi connectivity index (χ1) is 9.49. The third-order valence-corrected chi connectivity index (χ3v) is 3.46. The van der Waals surface area contributed by atoms with Crippen LogP contribution in [-0.4, -0.2) is 4.99 Å². The van der Waals surface area contributed by atoms with Gasteiger partial charge in [0.25, 0.3) is 0 Å². The highest BCUT2D eigenvalue weighted by Gasteiger charge is 2.10. The lowest BCUT2D eigenvalue weighted by Crippen LogP contribution is -2.10. The monoisotopic (exact) mass is 329 g/mol. The lowest BCUT2D eigenvalue weighted by molar-refractivity contribution is 0.300. The van der Waals surface area contributed by atoms with Crippen molar-refractivity contribution in [3.63, 3.8) is 0 Å². The van der Waals surface area contributed by atoms with E-state index in [0.29, 0.717) is 26.9 Å². The standard InChI is InChI=1S/C14H10Cl2FNOS/c15-10-2-1-3-11(16)13(10)19-7-9-5-4-8(14(18)20)6-12(9)17/h1-6H,7H2,(H2,18,20). The van der Waals surface area contributed by atoms with Gasteiger partial charge < -0.3 is 10.5 Å². The van der Waals surface area contributed by atoms with E-state index in [0.717, 1.165) is 0 Å². The number of rotatable bonds is 4. The Morgan fingerprint density at radius 3 is 2.40 bits per heavy atom. The molecule has 2 aromatic carbocycles. The molecule has 2 nitrogen and oxygen atoms in total. The molecule has 0 unspecified atom stereocenters. The highest BCUT2D eigenvalue weighted by atomic mass is 35.5. The molecule has 0 aliphatic heterocycles. The van der Waals surface area contributed by atoms with Crippen LogP contribution < -0.4 is 10.5 Å². The minimum absolute atomic E-state index is 0.00685. The third-order valence-electron chi connectivity index (χ3n) is 2.63. The largest absolute Gasteiger partial charge is 0.486 e. The molecule has 0 atom stereocenters. The summed E-state index contributed by atoms with van der Waals surface area (Å²) in [4.78, 5) is 0.144. The second kappa shape index (κ2) is 6.39. The maximum Gasteiger partial charge on any atom is 0.156 e. The molecule has 6 heteroatoms. The van der Waals surface area contributed by atoms with E-state index in [-0.39, 0.29) is 11.6 Å². The Hall–Kier alpha value is -1.36. The highest BCUT2D eigenvalue weighted by molar-refractivity contribution is 7.80. The van der Waals surface area contributed by atoms with Crippen molar-refractivity contribution in [3.05, 3.63) is 63.4 Å². The maximum atomic E-state index is 13.9. The fourth-order valence-corrected chi connectivity index (χ4v) is 2.22. The van der Waals surface area contributed by atoms with E-state index in [1.165, 1.54) is 6.07 Å². The molecule has 0 fully saturated rings. The van der Waals surface area contributed by atoms with Crippen LogP contribution in [0.25, 0.3) is 0 Å². The van der Waals surface area contributed by atoms with Gasteiger partial charge >= 0.3 is 0 Å². The quantitative estimate of drug-likeness (QED) is 0.847. The highest BCUT2D eigenvalue weighted by Crippen LogP contribution is 2.33. The average molecular weight is 330 g/mol. The van der Waals surface area contributed by atoms with Crippen LogP contribution in [0, 0.1) is 5.82 Å². The predicted octanol–water partition coefficient (Wildman–Crippen LogP) is 4.35. The smallest absolute Gasteiger partial charge is 0.156 e. The fourth-order valence-electron chi connectivity index (χ4n) is 1.59. The van der Waals surface area contributed by atoms with Crippen LogP contribution in [0.2, 0.25) is 10.0 Å². The van der Waals surface area contributed by atoms with Gasteiger partial charge in [-0.3, -0.25) is 0 Å². The van der Waals surface area contributed by atoms with Crippen LogP contribution in [0.5, 0.6) is 5.75 Å². The molecule has 2 N–H and O–H groups in total. The minimum atomic E-state index is -0.446. The lowest BCUT2D eigenvalue weighted by Gasteiger charge is -2.11. The van der Waals surface area contributed by atoms with Gasteiger partial charge in [-0.2, -0.15) is 0 Å². The minimum Gasteiger partial charge on any atom is -0.486 e. The number of hydrogen-bond acceptors (Lipinski definition) is 2. The molecule has 2 aromatic rings. The normalized spacial score (nSPS) is 10.3. The summed E-state index contributed by atoms with van der Waals surface area (Å²) in [6.07, 6.45) is 0. The number of nitrogens with two attached hydrogens (primary N) is 1. The van der Waals surface area contributed by atoms with Gasteiger partial charge in [0.15, 0.2) is 5.75 Å². The summed E-state index contributed by atoms with van der Waals surface area (Å²) in [6.45, 7) is 0.00685. The molecule has 0 radical (unpaired) electrons. The number of ether oxygens (including phenoxy) is 1. The molecule has 0 aromatic heterocycles. The number of halogens is 3. The zero-order chi connectivity index (χ0) is 14.7. The molecule has 2 rings (SSSR count). The van der Waals surface area contributed by atoms with Crippen LogP contribution in [0.15, 0.2) is 36.4 Å². The topological polar surface area (TPSA) is 35.2 Å². The van der Waals surface area contributed by atoms with Crippen molar-refractivity contribution in [2.45, 2.75) is 6.61 Å². The van der Waals surface area contributed by atoms with Crippen LogP contribution in [0.1, 0.15) is 11.1 Å². The molecule has 0 spiro atoms. The van der Waals surface area contributed by atoms with Crippen LogP contribution in [0.4, 0.5) is 4.39 Å². The predicted molar refractivity (Wildman–Crippen MR) is 83.1 cm³/mol. The molecule has 104 valence electrons. The summed E-state index contributed by atoms with van der Waals surface area (Å²) in [5.74, 6) is -0.118. The van der Waals surface area contributed by atoms with Crippen LogP contribution >= 0.6 is 35.4 Å². The van der Waals surface area contributed by atoms with Gasteiger partial charge in [-0.05, 0) is 18.2 Å². The van der Waals surface area contributed by atoms with Crippen molar-refractivity contribution in [2.24, 2.45) is 5.73 Å². The second-order valence-electron chi connectivity index (χ2n) is 4.01. The van der Waals surface area contributed by atoms with Gasteiger partial charge in [0.1, 0.15) is 17.4 Å². The first-order valence-electron chi connectivity index (χ1n) is 5.64. The van der Waals surface area contributed by atoms with Gasteiger partial charge in [0, 0.05) is 11.1 Å². The Labute approximate surface area is 131 Å². The molecular formula is C14H10Cl2FNOS. The van der Waals surface area contributed by atoms with Gasteiger partial charge in [-0.1, -0.05) is 53.6 Å². The van der Waals surface area contributed by atoms with Crippen LogP contribution in [-0.2, 0) is 6.61 Å². The molecule has 0 bridgehead atoms. The number of para-hydroxylation sites is 1. The summed E-state index contributed by atoms with van der Waals surface area (Å²) in [5.41, 5.74) is 6.27. The number of hydrogen-bond donors (Lipinski definition) is 1. The maximum absolute atomic E-state index is 13.9. The van der Waals surface area contributed by atoms with E-state index < -0.39 is 5.82 Å². The molecular weight excluding hydrogens is 320 g/mol. The summed E-state index contributed by atoms with van der Waals surface area (Å²) in [5, 5.41) is 0.746. The van der Waals surface area contributed by atoms with Gasteiger partial charge in [-0.25, -0.2) is 4.39 Å². The Morgan fingerprint density at radius 1 is 1.20 bits per heavy atom. The van der Waals surface area contributed by atoms with E-state index in [4.69, 9.17) is 45.9 Å². The summed E-state index contributed by atoms with van der Waals surface area (Å²) >= 11 is 16.7. The molecule has 0 saturated carbocycles. The zero-order valence-corrected chi connectivity index (χ0v) is 12.5. The van der Waals surface area contributed by atoms with E-state index in [1.54, 1.807) is 30.3 Å². The Balaban J connectivity index is 2.17. The number of benzene rings is 2. The van der Waals surface area contributed by atoms with E-state index in [1.807, 2.05) is 0 Å². The first-order valence-corrected chi connectivity index (χ1v) is 6.80. The summed E-state index contributed by atoms with van der Waals surface area (Å²) in [6, 6.07) is 9.47. The van der Waals surface area contributed by atoms with Gasteiger partial charge in [0.05, 0.1) is 10.0 Å². The van der Waals surface area contributed by atoms with Crippen molar-refractivity contribution in [1.29, 1.82) is 0 Å². The molecule has 0 heterocycles. The van der Waals surface area contributed by atoms with Crippen molar-refractivity contribution in [2.75, 3.05) is 0 Å². The molecule has 0 amide bonds. The molecule has 0 aliphatic carbocycles. The second-order valence-corrected chi connectivity index (χ2v) is 5.26.